The van der Waals surface area contributed by atoms with Crippen molar-refractivity contribution in [3.63, 3.8) is 0 Å². The molecule has 17 heavy (non-hydrogen) atoms. The molecule has 1 N–H and O–H groups in total. The van der Waals surface area contributed by atoms with Crippen LogP contribution < -0.4 is 0 Å². The van der Waals surface area contributed by atoms with Crippen LogP contribution in [-0.4, -0.2) is 41.1 Å². The third-order valence-electron chi connectivity index (χ3n) is 2.16. The van der Waals surface area contributed by atoms with Crippen LogP contribution in [0.4, 0.5) is 0 Å². The predicted molar refractivity (Wildman–Crippen MR) is 52.8 cm³/mol. The smallest absolute Gasteiger partial charge is 0.330 e. The molecule has 2 amide bonds. The highest BCUT2D eigenvalue weighted by Gasteiger charge is 2.33. The Morgan fingerprint density at radius 1 is 1.41 bits per heavy atom. The first-order valence-corrected chi connectivity index (χ1v) is 6.25. The highest BCUT2D eigenvalue weighted by Crippen LogP contribution is 2.13. The second-order valence-electron chi connectivity index (χ2n) is 3.57. The fourth-order valence-corrected chi connectivity index (χ4v) is 1.48. The van der Waals surface area contributed by atoms with E-state index in [1.807, 2.05) is 0 Å². The molecule has 1 rings (SSSR count). The monoisotopic (exact) mass is 265 g/mol. The molecule has 1 saturated heterocycles. The van der Waals surface area contributed by atoms with Crippen molar-refractivity contribution < 1.29 is 32.2 Å². The number of nitrogens with zero attached hydrogens (tertiary/aromatic N) is 1. The van der Waals surface area contributed by atoms with Gasteiger partial charge in [0, 0.05) is 12.8 Å². The van der Waals surface area contributed by atoms with Gasteiger partial charge in [0.05, 0.1) is 11.7 Å². The van der Waals surface area contributed by atoms with Crippen LogP contribution in [0.15, 0.2) is 0 Å². The van der Waals surface area contributed by atoms with Gasteiger partial charge in [-0.25, -0.2) is 4.79 Å². The van der Waals surface area contributed by atoms with Gasteiger partial charge in [0.25, 0.3) is 21.9 Å². The molecule has 1 unspecified atom stereocenters. The largest absolute Gasteiger partial charge is 0.334 e. The van der Waals surface area contributed by atoms with Crippen LogP contribution in [0.5, 0.6) is 0 Å². The molecular weight excluding hydrogens is 254 g/mol. The number of carbonyl (C=O) groups is 3. The number of carbonyl (C=O) groups excluding carboxylic acids is 3. The van der Waals surface area contributed by atoms with Gasteiger partial charge in [-0.1, -0.05) is 0 Å². The van der Waals surface area contributed by atoms with Crippen LogP contribution in [0, 0.1) is 0 Å². The maximum absolute atomic E-state index is 11.2. The van der Waals surface area contributed by atoms with Crippen molar-refractivity contribution in [2.24, 2.45) is 0 Å². The fourth-order valence-electron chi connectivity index (χ4n) is 1.14. The molecule has 1 aliphatic heterocycles. The second-order valence-corrected chi connectivity index (χ2v) is 5.41. The van der Waals surface area contributed by atoms with Crippen LogP contribution in [0.2, 0.25) is 0 Å². The van der Waals surface area contributed by atoms with E-state index in [4.69, 9.17) is 4.55 Å². The van der Waals surface area contributed by atoms with Crippen LogP contribution in [-0.2, 0) is 29.3 Å². The van der Waals surface area contributed by atoms with E-state index in [1.165, 1.54) is 0 Å². The van der Waals surface area contributed by atoms with E-state index in [2.05, 4.69) is 4.84 Å². The Bertz CT molecular complexity index is 438. The van der Waals surface area contributed by atoms with Gasteiger partial charge in [0.2, 0.25) is 0 Å². The molecule has 1 atom stereocenters. The van der Waals surface area contributed by atoms with E-state index >= 15 is 0 Å². The van der Waals surface area contributed by atoms with Crippen molar-refractivity contribution in [2.45, 2.75) is 31.4 Å². The Hall–Kier alpha value is -1.48. The molecule has 0 aromatic rings. The Morgan fingerprint density at radius 3 is 2.29 bits per heavy atom. The van der Waals surface area contributed by atoms with Crippen molar-refractivity contribution in [2.75, 3.05) is 0 Å². The lowest BCUT2D eigenvalue weighted by Gasteiger charge is -2.13. The van der Waals surface area contributed by atoms with Crippen LogP contribution >= 0.6 is 0 Å². The third kappa shape index (κ3) is 3.49. The van der Waals surface area contributed by atoms with E-state index in [0.717, 1.165) is 6.92 Å². The van der Waals surface area contributed by atoms with Crippen molar-refractivity contribution in [3.8, 4) is 0 Å². The summed E-state index contributed by atoms with van der Waals surface area (Å²) in [7, 11) is -4.35. The molecule has 0 aliphatic carbocycles. The molecule has 1 fully saturated rings. The number of hydrogen-bond donors (Lipinski definition) is 1. The Morgan fingerprint density at radius 2 is 1.88 bits per heavy atom. The van der Waals surface area contributed by atoms with Crippen LogP contribution in [0.1, 0.15) is 26.2 Å². The summed E-state index contributed by atoms with van der Waals surface area (Å²) < 4.78 is 29.9. The molecule has 0 spiro atoms. The van der Waals surface area contributed by atoms with Gasteiger partial charge >= 0.3 is 5.97 Å². The van der Waals surface area contributed by atoms with Gasteiger partial charge in [-0.2, -0.15) is 8.42 Å². The lowest BCUT2D eigenvalue weighted by atomic mass is 10.3. The minimum Gasteiger partial charge on any atom is -0.330 e. The second kappa shape index (κ2) is 4.80. The zero-order chi connectivity index (χ0) is 13.2. The molecule has 96 valence electrons. The SMILES string of the molecule is CC(CC(=O)ON1C(=O)CCC1=O)S(=O)(=O)O. The summed E-state index contributed by atoms with van der Waals surface area (Å²) in [5.74, 6) is -2.37. The molecule has 9 heteroatoms. The number of rotatable bonds is 4. The van der Waals surface area contributed by atoms with E-state index in [1.54, 1.807) is 0 Å². The fraction of sp³-hybridized carbons (Fsp3) is 0.625. The van der Waals surface area contributed by atoms with Gasteiger partial charge in [-0.3, -0.25) is 14.1 Å². The maximum atomic E-state index is 11.2. The minimum atomic E-state index is -4.35. The van der Waals surface area contributed by atoms with E-state index < -0.39 is 39.6 Å². The highest BCUT2D eigenvalue weighted by molar-refractivity contribution is 7.86. The van der Waals surface area contributed by atoms with Gasteiger partial charge in [-0.15, -0.1) is 5.06 Å². The van der Waals surface area contributed by atoms with Crippen molar-refractivity contribution in [3.05, 3.63) is 0 Å². The standard InChI is InChI=1S/C8H11NO7S/c1-5(17(13,14)15)4-8(12)16-9-6(10)2-3-7(9)11/h5H,2-4H2,1H3,(H,13,14,15). The molecule has 1 heterocycles. The summed E-state index contributed by atoms with van der Waals surface area (Å²) in [5.41, 5.74) is 0. The molecule has 1 aliphatic rings. The molecular formula is C8H11NO7S. The van der Waals surface area contributed by atoms with Crippen LogP contribution in [0.3, 0.4) is 0 Å². The number of imide groups is 1. The van der Waals surface area contributed by atoms with Gasteiger partial charge in [-0.05, 0) is 6.92 Å². The normalized spacial score (nSPS) is 18.4. The average Bonchev–Trinajstić information content (AvgIpc) is 2.48. The number of hydroxylamine groups is 2. The zero-order valence-electron chi connectivity index (χ0n) is 8.95. The first kappa shape index (κ1) is 13.6. The average molecular weight is 265 g/mol. The van der Waals surface area contributed by atoms with Gasteiger partial charge in [0.1, 0.15) is 0 Å². The first-order chi connectivity index (χ1) is 7.71. The predicted octanol–water partition coefficient (Wildman–Crippen LogP) is -0.740. The summed E-state index contributed by atoms with van der Waals surface area (Å²) in [6, 6.07) is 0. The Balaban J connectivity index is 2.56. The summed E-state index contributed by atoms with van der Waals surface area (Å²) in [6.07, 6.45) is -0.726. The zero-order valence-corrected chi connectivity index (χ0v) is 9.77. The molecule has 0 aromatic heterocycles. The molecule has 0 aromatic carbocycles. The summed E-state index contributed by atoms with van der Waals surface area (Å²) in [5, 5.41) is -1.04. The Kier molecular flexibility index (Phi) is 3.83. The lowest BCUT2D eigenvalue weighted by molar-refractivity contribution is -0.197. The summed E-state index contributed by atoms with van der Waals surface area (Å²) in [6.45, 7) is 1.10. The maximum Gasteiger partial charge on any atom is 0.334 e. The molecule has 0 radical (unpaired) electrons. The Labute approximate surface area is 97.2 Å². The molecule has 0 bridgehead atoms. The lowest BCUT2D eigenvalue weighted by Crippen LogP contribution is -2.33. The first-order valence-electron chi connectivity index (χ1n) is 4.74. The van der Waals surface area contributed by atoms with E-state index in [9.17, 15) is 22.8 Å². The van der Waals surface area contributed by atoms with Crippen LogP contribution in [0.25, 0.3) is 0 Å². The third-order valence-corrected chi connectivity index (χ3v) is 3.35. The summed E-state index contributed by atoms with van der Waals surface area (Å²) >= 11 is 0. The number of amides is 2. The van der Waals surface area contributed by atoms with Gasteiger partial charge < -0.3 is 4.84 Å². The van der Waals surface area contributed by atoms with Crippen molar-refractivity contribution >= 4 is 27.9 Å². The number of hydrogen-bond acceptors (Lipinski definition) is 6. The molecule has 8 nitrogen and oxygen atoms in total. The topological polar surface area (TPSA) is 118 Å². The van der Waals surface area contributed by atoms with Gasteiger partial charge in [0.15, 0.2) is 0 Å². The highest BCUT2D eigenvalue weighted by atomic mass is 32.2. The summed E-state index contributed by atoms with van der Waals surface area (Å²) in [4.78, 5) is 37.8. The van der Waals surface area contributed by atoms with Crippen molar-refractivity contribution in [1.82, 2.24) is 5.06 Å². The van der Waals surface area contributed by atoms with E-state index in [-0.39, 0.29) is 12.8 Å². The van der Waals surface area contributed by atoms with E-state index in [0.29, 0.717) is 5.06 Å². The minimum absolute atomic E-state index is 0.0417. The molecule has 0 saturated carbocycles. The van der Waals surface area contributed by atoms with Crippen molar-refractivity contribution in [1.29, 1.82) is 0 Å². The quantitative estimate of drug-likeness (QED) is 0.525.